The van der Waals surface area contributed by atoms with Crippen LogP contribution in [0.2, 0.25) is 5.15 Å². The van der Waals surface area contributed by atoms with E-state index in [9.17, 15) is 24.9 Å². The van der Waals surface area contributed by atoms with Crippen molar-refractivity contribution in [3.05, 3.63) is 81.6 Å². The van der Waals surface area contributed by atoms with Crippen molar-refractivity contribution in [1.29, 1.82) is 0 Å². The van der Waals surface area contributed by atoms with Crippen molar-refractivity contribution in [2.75, 3.05) is 63.9 Å². The number of unbranched alkanes of at least 4 members (excludes halogenated alkanes) is 3. The molecule has 1 unspecified atom stereocenters. The zero-order valence-corrected chi connectivity index (χ0v) is 34.0. The second-order valence-electron chi connectivity index (χ2n) is 13.4. The van der Waals surface area contributed by atoms with E-state index in [2.05, 4.69) is 51.9 Å². The quantitative estimate of drug-likeness (QED) is 0.0594. The minimum absolute atomic E-state index is 0. The zero-order chi connectivity index (χ0) is 38.8. The third-order valence-electron chi connectivity index (χ3n) is 9.14. The monoisotopic (exact) mass is 828 g/mol. The van der Waals surface area contributed by atoms with Crippen LogP contribution >= 0.6 is 36.4 Å². The molecule has 4 atom stereocenters. The number of rotatable bonds is 24. The molecular formula is C38H59Cl3N8O6. The maximum absolute atomic E-state index is 12.9. The lowest BCUT2D eigenvalue weighted by Crippen LogP contribution is -2.47. The standard InChI is InChI=1S/C38H57ClN8O6.2ClH/c1-3-4-5-8-18-47(23-30(49)33(51)31(50)24-48)19-17-43-37(52)28-13-11-26(12-14-28)15-16-42-21-27(20-29-10-7-6-9-25(29)2)22-44-38(53)32-35(40)46-36(41)34(39)45-32;;/h6-7,9-14,27,30-31,33,42,48-51H,3-5,8,15-24H2,1-2H3,(H,43,52)(H,44,53)(H4,40,41,46);2*1H/t27?,30-,31+,33+;;/m0../s1. The van der Waals surface area contributed by atoms with Crippen LogP contribution in [0.3, 0.4) is 0 Å². The summed E-state index contributed by atoms with van der Waals surface area (Å²) >= 11 is 5.97. The number of carbonyl (C=O) groups is 2. The predicted molar refractivity (Wildman–Crippen MR) is 222 cm³/mol. The molecule has 0 fully saturated rings. The Hall–Kier alpha value is -3.31. The fraction of sp³-hybridized carbons (Fsp3) is 0.526. The smallest absolute Gasteiger partial charge is 0.273 e. The fourth-order valence-electron chi connectivity index (χ4n) is 5.88. The van der Waals surface area contributed by atoms with Gasteiger partial charge < -0.3 is 47.8 Å². The average Bonchev–Trinajstić information content (AvgIpc) is 3.15. The first-order chi connectivity index (χ1) is 25.4. The first-order valence-electron chi connectivity index (χ1n) is 18.3. The normalized spacial score (nSPS) is 13.2. The lowest BCUT2D eigenvalue weighted by molar-refractivity contribution is -0.0840. The molecule has 0 spiro atoms. The summed E-state index contributed by atoms with van der Waals surface area (Å²) in [5.41, 5.74) is 15.4. The molecule has 308 valence electrons. The van der Waals surface area contributed by atoms with Gasteiger partial charge in [0, 0.05) is 31.7 Å². The molecule has 14 nitrogen and oxygen atoms in total. The largest absolute Gasteiger partial charge is 0.394 e. The maximum atomic E-state index is 12.9. The molecule has 11 N–H and O–H groups in total. The molecule has 0 aliphatic carbocycles. The topological polar surface area (TPSA) is 232 Å². The first-order valence-corrected chi connectivity index (χ1v) is 18.7. The van der Waals surface area contributed by atoms with E-state index in [4.69, 9.17) is 28.2 Å². The zero-order valence-electron chi connectivity index (χ0n) is 31.6. The summed E-state index contributed by atoms with van der Waals surface area (Å²) in [6, 6.07) is 15.6. The van der Waals surface area contributed by atoms with Crippen LogP contribution in [0.1, 0.15) is 70.1 Å². The summed E-state index contributed by atoms with van der Waals surface area (Å²) in [6.07, 6.45) is 1.44. The summed E-state index contributed by atoms with van der Waals surface area (Å²) in [5.74, 6) is -0.776. The van der Waals surface area contributed by atoms with Gasteiger partial charge in [0.1, 0.15) is 12.2 Å². The summed E-state index contributed by atoms with van der Waals surface area (Å²) < 4.78 is 0. The van der Waals surface area contributed by atoms with Gasteiger partial charge in [-0.15, -0.1) is 24.8 Å². The highest BCUT2D eigenvalue weighted by molar-refractivity contribution is 6.31. The van der Waals surface area contributed by atoms with E-state index < -0.39 is 30.8 Å². The molecule has 3 aromatic rings. The van der Waals surface area contributed by atoms with E-state index in [1.165, 1.54) is 11.1 Å². The number of hydrogen-bond donors (Lipinski definition) is 9. The molecule has 0 saturated carbocycles. The van der Waals surface area contributed by atoms with E-state index in [0.717, 1.165) is 44.1 Å². The molecule has 0 aliphatic rings. The Balaban J connectivity index is 0.00000756. The Morgan fingerprint density at radius 3 is 2.24 bits per heavy atom. The number of aryl methyl sites for hydroxylation is 1. The number of aliphatic hydroxyl groups is 4. The fourth-order valence-corrected chi connectivity index (χ4v) is 6.01. The molecular weight excluding hydrogens is 771 g/mol. The van der Waals surface area contributed by atoms with Gasteiger partial charge in [-0.25, -0.2) is 9.97 Å². The van der Waals surface area contributed by atoms with Crippen LogP contribution in [-0.2, 0) is 12.8 Å². The van der Waals surface area contributed by atoms with Crippen molar-refractivity contribution in [3.8, 4) is 0 Å². The van der Waals surface area contributed by atoms with Crippen LogP contribution in [-0.4, -0.2) is 118 Å². The number of nitrogens with one attached hydrogen (secondary N) is 3. The summed E-state index contributed by atoms with van der Waals surface area (Å²) in [6.45, 7) is 6.77. The molecule has 2 aromatic carbocycles. The number of anilines is 2. The number of aliphatic hydroxyl groups excluding tert-OH is 4. The van der Waals surface area contributed by atoms with Gasteiger partial charge in [-0.2, -0.15) is 0 Å². The minimum atomic E-state index is -1.47. The Kier molecular flexibility index (Phi) is 24.0. The lowest BCUT2D eigenvalue weighted by atomic mass is 9.95. The number of hydrogen-bond acceptors (Lipinski definition) is 12. The van der Waals surface area contributed by atoms with Crippen molar-refractivity contribution < 1.29 is 30.0 Å². The number of nitrogen functional groups attached to an aromatic ring is 2. The molecule has 55 heavy (non-hydrogen) atoms. The summed E-state index contributed by atoms with van der Waals surface area (Å²) in [7, 11) is 0. The Labute approximate surface area is 341 Å². The van der Waals surface area contributed by atoms with E-state index in [0.29, 0.717) is 44.8 Å². The second-order valence-corrected chi connectivity index (χ2v) is 13.8. The van der Waals surface area contributed by atoms with Gasteiger partial charge in [-0.3, -0.25) is 14.5 Å². The van der Waals surface area contributed by atoms with Crippen LogP contribution in [0.25, 0.3) is 0 Å². The van der Waals surface area contributed by atoms with Gasteiger partial charge in [0.2, 0.25) is 0 Å². The highest BCUT2D eigenvalue weighted by Gasteiger charge is 2.26. The molecule has 0 radical (unpaired) electrons. The number of carbonyl (C=O) groups excluding carboxylic acids is 2. The van der Waals surface area contributed by atoms with Crippen molar-refractivity contribution in [1.82, 2.24) is 30.8 Å². The van der Waals surface area contributed by atoms with Crippen LogP contribution in [0.4, 0.5) is 11.6 Å². The van der Waals surface area contributed by atoms with Gasteiger partial charge in [0.05, 0.1) is 12.7 Å². The van der Waals surface area contributed by atoms with Gasteiger partial charge in [0.25, 0.3) is 11.8 Å². The SMILES string of the molecule is CCCCCCN(CCNC(=O)c1ccc(CCNCC(CNC(=O)c2nc(Cl)c(N)nc2N)Cc2ccccc2C)cc1)C[C@H](O)[C@@H](O)[C@H](O)CO.Cl.Cl. The molecule has 1 heterocycles. The van der Waals surface area contributed by atoms with E-state index in [1.54, 1.807) is 12.1 Å². The Bertz CT molecular complexity index is 1580. The highest BCUT2D eigenvalue weighted by Crippen LogP contribution is 2.18. The van der Waals surface area contributed by atoms with E-state index >= 15 is 0 Å². The first kappa shape index (κ1) is 49.7. The second kappa shape index (κ2) is 26.5. The third kappa shape index (κ3) is 17.2. The summed E-state index contributed by atoms with van der Waals surface area (Å²) in [4.78, 5) is 35.7. The third-order valence-corrected chi connectivity index (χ3v) is 9.42. The number of nitrogens with two attached hydrogens (primary N) is 2. The van der Waals surface area contributed by atoms with Gasteiger partial charge in [0.15, 0.2) is 22.5 Å². The van der Waals surface area contributed by atoms with Crippen molar-refractivity contribution in [2.45, 2.75) is 70.7 Å². The van der Waals surface area contributed by atoms with E-state index in [-0.39, 0.29) is 65.7 Å². The number of benzene rings is 2. The number of amides is 2. The van der Waals surface area contributed by atoms with Crippen molar-refractivity contribution in [2.24, 2.45) is 5.92 Å². The van der Waals surface area contributed by atoms with Crippen LogP contribution in [0.5, 0.6) is 0 Å². The molecule has 1 aromatic heterocycles. The van der Waals surface area contributed by atoms with Crippen molar-refractivity contribution in [3.63, 3.8) is 0 Å². The summed E-state index contributed by atoms with van der Waals surface area (Å²) in [5, 5.41) is 48.6. The lowest BCUT2D eigenvalue weighted by Gasteiger charge is -2.29. The number of aromatic nitrogens is 2. The number of nitrogens with zero attached hydrogens (tertiary/aromatic N) is 3. The van der Waals surface area contributed by atoms with Gasteiger partial charge in [-0.1, -0.05) is 74.2 Å². The highest BCUT2D eigenvalue weighted by atomic mass is 35.5. The molecule has 17 heteroatoms. The molecule has 2 amide bonds. The Morgan fingerprint density at radius 1 is 0.855 bits per heavy atom. The van der Waals surface area contributed by atoms with Crippen LogP contribution in [0, 0.1) is 12.8 Å². The van der Waals surface area contributed by atoms with Gasteiger partial charge in [-0.05, 0) is 80.6 Å². The van der Waals surface area contributed by atoms with Gasteiger partial charge >= 0.3 is 0 Å². The maximum Gasteiger partial charge on any atom is 0.273 e. The predicted octanol–water partition coefficient (Wildman–Crippen LogP) is 2.55. The Morgan fingerprint density at radius 2 is 1.56 bits per heavy atom. The molecule has 0 saturated heterocycles. The van der Waals surface area contributed by atoms with E-state index in [1.807, 2.05) is 29.2 Å². The number of halogens is 3. The molecule has 0 aliphatic heterocycles. The molecule has 0 bridgehead atoms. The van der Waals surface area contributed by atoms with Crippen LogP contribution in [0.15, 0.2) is 48.5 Å². The average molecular weight is 830 g/mol. The van der Waals surface area contributed by atoms with Crippen LogP contribution < -0.4 is 27.4 Å². The minimum Gasteiger partial charge on any atom is -0.394 e. The van der Waals surface area contributed by atoms with Crippen molar-refractivity contribution >= 4 is 59.9 Å². The molecule has 3 rings (SSSR count).